The molecule has 14 heavy (non-hydrogen) atoms. The summed E-state index contributed by atoms with van der Waals surface area (Å²) in [6.07, 6.45) is 0.979. The second kappa shape index (κ2) is 3.74. The average Bonchev–Trinajstić information content (AvgIpc) is 2.17. The number of nitrogens with zero attached hydrogens (tertiary/aromatic N) is 2. The van der Waals surface area contributed by atoms with Crippen LogP contribution in [0, 0.1) is 0 Å². The van der Waals surface area contributed by atoms with Gasteiger partial charge in [-0.1, -0.05) is 0 Å². The van der Waals surface area contributed by atoms with Crippen molar-refractivity contribution < 1.29 is 0 Å². The molecule has 2 heterocycles. The molecule has 76 valence electrons. The number of aryl methyl sites for hydroxylation is 1. The minimum Gasteiger partial charge on any atom is -0.383 e. The molecule has 4 N–H and O–H groups in total. The van der Waals surface area contributed by atoms with Crippen molar-refractivity contribution in [3.63, 3.8) is 0 Å². The van der Waals surface area contributed by atoms with Crippen molar-refractivity contribution >= 4 is 17.6 Å². The highest BCUT2D eigenvalue weighted by molar-refractivity contribution is 7.98. The van der Waals surface area contributed by atoms with Gasteiger partial charge in [0.15, 0.2) is 0 Å². The van der Waals surface area contributed by atoms with Crippen LogP contribution >= 0.6 is 11.8 Å². The van der Waals surface area contributed by atoms with Gasteiger partial charge in [-0.05, 0) is 19.1 Å². The van der Waals surface area contributed by atoms with Gasteiger partial charge in [0.2, 0.25) is 0 Å². The van der Waals surface area contributed by atoms with E-state index in [1.54, 1.807) is 0 Å². The molecular weight excluding hydrogens is 196 g/mol. The van der Waals surface area contributed by atoms with Gasteiger partial charge in [-0.3, -0.25) is 0 Å². The Hall–Kier alpha value is -0.810. The van der Waals surface area contributed by atoms with Crippen molar-refractivity contribution in [2.75, 3.05) is 11.5 Å². The minimum atomic E-state index is -0.142. The molecule has 1 aromatic rings. The number of fused-ring (bicyclic) bond motifs is 1. The maximum atomic E-state index is 5.86. The molecule has 5 heteroatoms. The molecule has 0 bridgehead atoms. The lowest BCUT2D eigenvalue weighted by atomic mass is 10.1. The van der Waals surface area contributed by atoms with Crippen LogP contribution in [0.1, 0.15) is 30.0 Å². The summed E-state index contributed by atoms with van der Waals surface area (Å²) in [6, 6.07) is -0.142. The van der Waals surface area contributed by atoms with Gasteiger partial charge in [0, 0.05) is 11.3 Å². The molecule has 4 nitrogen and oxygen atoms in total. The summed E-state index contributed by atoms with van der Waals surface area (Å²) >= 11 is 1.87. The smallest absolute Gasteiger partial charge is 0.147 e. The number of aromatic nitrogens is 2. The highest BCUT2D eigenvalue weighted by atomic mass is 32.2. The molecule has 2 rings (SSSR count). The van der Waals surface area contributed by atoms with Gasteiger partial charge < -0.3 is 11.5 Å². The summed E-state index contributed by atoms with van der Waals surface area (Å²) in [5.74, 6) is 3.31. The van der Waals surface area contributed by atoms with Crippen LogP contribution in [0.25, 0.3) is 0 Å². The van der Waals surface area contributed by atoms with Gasteiger partial charge in [0.1, 0.15) is 11.6 Å². The second-order valence-corrected chi connectivity index (χ2v) is 4.59. The second-order valence-electron chi connectivity index (χ2n) is 3.48. The summed E-state index contributed by atoms with van der Waals surface area (Å²) in [7, 11) is 0. The average molecular weight is 210 g/mol. The van der Waals surface area contributed by atoms with Crippen molar-refractivity contribution in [2.24, 2.45) is 5.73 Å². The van der Waals surface area contributed by atoms with Crippen molar-refractivity contribution in [3.05, 3.63) is 17.1 Å². The number of nitrogens with two attached hydrogens (primary N) is 2. The Morgan fingerprint density at radius 1 is 1.43 bits per heavy atom. The highest BCUT2D eigenvalue weighted by Gasteiger charge is 2.17. The molecule has 0 aliphatic carbocycles. The minimum absolute atomic E-state index is 0.142. The monoisotopic (exact) mass is 210 g/mol. The number of thioether (sulfide) groups is 1. The molecule has 0 amide bonds. The summed E-state index contributed by atoms with van der Waals surface area (Å²) in [6.45, 7) is 1.87. The van der Waals surface area contributed by atoms with E-state index in [0.29, 0.717) is 11.6 Å². The van der Waals surface area contributed by atoms with Crippen LogP contribution in [0.4, 0.5) is 5.82 Å². The molecule has 0 saturated carbocycles. The molecule has 0 radical (unpaired) electrons. The van der Waals surface area contributed by atoms with Crippen LogP contribution in [-0.4, -0.2) is 15.7 Å². The lowest BCUT2D eigenvalue weighted by Gasteiger charge is -2.17. The third-order valence-corrected chi connectivity index (χ3v) is 3.26. The number of anilines is 1. The van der Waals surface area contributed by atoms with Crippen LogP contribution < -0.4 is 11.5 Å². The SMILES string of the molecule is CC(N)c1nc(N)c2c(n1)CCSC2. The molecule has 0 spiro atoms. The van der Waals surface area contributed by atoms with E-state index in [-0.39, 0.29) is 6.04 Å². The molecule has 0 aromatic carbocycles. The first kappa shape index (κ1) is 9.73. The third-order valence-electron chi connectivity index (χ3n) is 2.28. The van der Waals surface area contributed by atoms with Crippen molar-refractivity contribution in [1.82, 2.24) is 9.97 Å². The fraction of sp³-hybridized carbons (Fsp3) is 0.556. The van der Waals surface area contributed by atoms with E-state index in [1.165, 1.54) is 0 Å². The van der Waals surface area contributed by atoms with Gasteiger partial charge in [0.25, 0.3) is 0 Å². The van der Waals surface area contributed by atoms with E-state index in [9.17, 15) is 0 Å². The Balaban J connectivity index is 2.46. The number of nitrogen functional groups attached to an aromatic ring is 1. The maximum Gasteiger partial charge on any atom is 0.147 e. The van der Waals surface area contributed by atoms with Gasteiger partial charge in [-0.2, -0.15) is 11.8 Å². The van der Waals surface area contributed by atoms with Crippen molar-refractivity contribution in [2.45, 2.75) is 25.1 Å². The normalized spacial score (nSPS) is 17.6. The Morgan fingerprint density at radius 3 is 2.93 bits per heavy atom. The number of rotatable bonds is 1. The molecule has 0 saturated heterocycles. The van der Waals surface area contributed by atoms with E-state index in [4.69, 9.17) is 11.5 Å². The van der Waals surface area contributed by atoms with Crippen LogP contribution in [0.3, 0.4) is 0 Å². The fourth-order valence-corrected chi connectivity index (χ4v) is 2.48. The quantitative estimate of drug-likeness (QED) is 0.719. The lowest BCUT2D eigenvalue weighted by molar-refractivity contribution is 0.725. The summed E-state index contributed by atoms with van der Waals surface area (Å²) in [5, 5.41) is 0. The lowest BCUT2D eigenvalue weighted by Crippen LogP contribution is -2.17. The number of hydrogen-bond acceptors (Lipinski definition) is 5. The fourth-order valence-electron chi connectivity index (χ4n) is 1.48. The molecule has 1 aromatic heterocycles. The zero-order valence-corrected chi connectivity index (χ0v) is 8.97. The first-order chi connectivity index (χ1) is 6.68. The molecule has 1 atom stereocenters. The zero-order chi connectivity index (χ0) is 10.1. The van der Waals surface area contributed by atoms with Crippen LogP contribution in [0.15, 0.2) is 0 Å². The van der Waals surface area contributed by atoms with E-state index in [0.717, 1.165) is 29.2 Å². The molecular formula is C9H14N4S. The summed E-state index contributed by atoms with van der Waals surface area (Å²) < 4.78 is 0. The standard InChI is InChI=1S/C9H14N4S/c1-5(10)9-12-7-2-3-14-4-6(7)8(11)13-9/h5H,2-4,10H2,1H3,(H2,11,12,13). The predicted molar refractivity (Wildman–Crippen MR) is 58.9 cm³/mol. The maximum absolute atomic E-state index is 5.86. The third kappa shape index (κ3) is 1.69. The topological polar surface area (TPSA) is 77.8 Å². The Kier molecular flexibility index (Phi) is 2.60. The van der Waals surface area contributed by atoms with Crippen LogP contribution in [-0.2, 0) is 12.2 Å². The van der Waals surface area contributed by atoms with Crippen molar-refractivity contribution in [3.8, 4) is 0 Å². The van der Waals surface area contributed by atoms with Crippen molar-refractivity contribution in [1.29, 1.82) is 0 Å². The first-order valence-electron chi connectivity index (χ1n) is 4.67. The van der Waals surface area contributed by atoms with E-state index in [1.807, 2.05) is 18.7 Å². The highest BCUT2D eigenvalue weighted by Crippen LogP contribution is 2.27. The van der Waals surface area contributed by atoms with Crippen LogP contribution in [0.2, 0.25) is 0 Å². The summed E-state index contributed by atoms with van der Waals surface area (Å²) in [5.41, 5.74) is 13.8. The molecule has 0 fully saturated rings. The van der Waals surface area contributed by atoms with Gasteiger partial charge in [-0.25, -0.2) is 9.97 Å². The Labute approximate surface area is 87.5 Å². The summed E-state index contributed by atoms with van der Waals surface area (Å²) in [4.78, 5) is 8.66. The van der Waals surface area contributed by atoms with Gasteiger partial charge >= 0.3 is 0 Å². The van der Waals surface area contributed by atoms with E-state index < -0.39 is 0 Å². The predicted octanol–water partition coefficient (Wildman–Crippen LogP) is 0.868. The van der Waals surface area contributed by atoms with E-state index in [2.05, 4.69) is 9.97 Å². The largest absolute Gasteiger partial charge is 0.383 e. The number of hydrogen-bond donors (Lipinski definition) is 2. The zero-order valence-electron chi connectivity index (χ0n) is 8.16. The molecule has 1 aliphatic heterocycles. The molecule has 1 unspecified atom stereocenters. The Morgan fingerprint density at radius 2 is 2.21 bits per heavy atom. The van der Waals surface area contributed by atoms with E-state index >= 15 is 0 Å². The Bertz CT molecular complexity index is 351. The first-order valence-corrected chi connectivity index (χ1v) is 5.82. The van der Waals surface area contributed by atoms with Crippen LogP contribution in [0.5, 0.6) is 0 Å². The van der Waals surface area contributed by atoms with Gasteiger partial charge in [-0.15, -0.1) is 0 Å². The van der Waals surface area contributed by atoms with Gasteiger partial charge in [0.05, 0.1) is 11.7 Å². The molecule has 1 aliphatic rings.